The van der Waals surface area contributed by atoms with E-state index in [2.05, 4.69) is 10.6 Å². The van der Waals surface area contributed by atoms with Gasteiger partial charge in [0, 0.05) is 18.5 Å². The van der Waals surface area contributed by atoms with Crippen LogP contribution in [0.2, 0.25) is 0 Å². The van der Waals surface area contributed by atoms with E-state index in [1.54, 1.807) is 0 Å². The van der Waals surface area contributed by atoms with E-state index in [0.717, 1.165) is 36.1 Å². The smallest absolute Gasteiger partial charge is 0.314 e. The number of carbonyl (C=O) groups is 1. The highest BCUT2D eigenvalue weighted by atomic mass is 16.5. The molecule has 1 aliphatic rings. The lowest BCUT2D eigenvalue weighted by atomic mass is 10.1. The number of aryl methyl sites for hydroxylation is 2. The number of rotatable bonds is 8. The standard InChI is InChI=1S/C17H26N2O3/c1-13-5-3-6-14(2)15(13)22-10-4-9-18-16(21)19-11-17(12-20)7-8-17/h3,5-6,20H,4,7-12H2,1-2H3,(H2,18,19,21). The number of amides is 2. The lowest BCUT2D eigenvalue weighted by molar-refractivity contribution is 0.202. The first kappa shape index (κ1) is 16.6. The van der Waals surface area contributed by atoms with Crippen molar-refractivity contribution in [1.29, 1.82) is 0 Å². The fourth-order valence-corrected chi connectivity index (χ4v) is 2.37. The van der Waals surface area contributed by atoms with Crippen molar-refractivity contribution < 1.29 is 14.6 Å². The zero-order valence-corrected chi connectivity index (χ0v) is 13.4. The number of carbonyl (C=O) groups excluding carboxylic acids is 1. The van der Waals surface area contributed by atoms with Gasteiger partial charge < -0.3 is 20.5 Å². The summed E-state index contributed by atoms with van der Waals surface area (Å²) < 4.78 is 5.79. The summed E-state index contributed by atoms with van der Waals surface area (Å²) in [5.74, 6) is 0.936. The van der Waals surface area contributed by atoms with Gasteiger partial charge in [-0.05, 0) is 44.2 Å². The molecule has 0 aromatic heterocycles. The minimum absolute atomic E-state index is 0.0528. The van der Waals surface area contributed by atoms with Crippen molar-refractivity contribution in [3.05, 3.63) is 29.3 Å². The van der Waals surface area contributed by atoms with Gasteiger partial charge in [-0.15, -0.1) is 0 Å². The molecule has 0 spiro atoms. The monoisotopic (exact) mass is 306 g/mol. The SMILES string of the molecule is Cc1cccc(C)c1OCCCNC(=O)NCC1(CO)CC1. The predicted molar refractivity (Wildman–Crippen MR) is 86.2 cm³/mol. The van der Waals surface area contributed by atoms with Crippen LogP contribution in [0.3, 0.4) is 0 Å². The molecular weight excluding hydrogens is 280 g/mol. The number of nitrogens with one attached hydrogen (secondary N) is 2. The molecule has 2 rings (SSSR count). The quantitative estimate of drug-likeness (QED) is 0.644. The summed E-state index contributed by atoms with van der Waals surface area (Å²) >= 11 is 0. The van der Waals surface area contributed by atoms with Crippen LogP contribution in [0.4, 0.5) is 4.79 Å². The molecule has 2 amide bonds. The fraction of sp³-hybridized carbons (Fsp3) is 0.588. The van der Waals surface area contributed by atoms with Crippen molar-refractivity contribution >= 4 is 6.03 Å². The van der Waals surface area contributed by atoms with E-state index in [-0.39, 0.29) is 18.1 Å². The first-order chi connectivity index (χ1) is 10.6. The molecule has 5 nitrogen and oxygen atoms in total. The van der Waals surface area contributed by atoms with Crippen LogP contribution in [0, 0.1) is 19.3 Å². The Balaban J connectivity index is 1.58. The normalized spacial score (nSPS) is 15.2. The van der Waals surface area contributed by atoms with E-state index >= 15 is 0 Å². The molecule has 0 aliphatic heterocycles. The van der Waals surface area contributed by atoms with Gasteiger partial charge in [0.05, 0.1) is 13.2 Å². The maximum Gasteiger partial charge on any atom is 0.314 e. The highest BCUT2D eigenvalue weighted by Gasteiger charge is 2.42. The van der Waals surface area contributed by atoms with Crippen molar-refractivity contribution in [2.45, 2.75) is 33.1 Å². The minimum atomic E-state index is -0.174. The van der Waals surface area contributed by atoms with Crippen molar-refractivity contribution in [1.82, 2.24) is 10.6 Å². The molecule has 0 unspecified atom stereocenters. The molecule has 1 aromatic carbocycles. The molecule has 1 aromatic rings. The summed E-state index contributed by atoms with van der Waals surface area (Å²) in [5, 5.41) is 14.8. The van der Waals surface area contributed by atoms with E-state index in [4.69, 9.17) is 4.74 Å². The van der Waals surface area contributed by atoms with Crippen LogP contribution in [0.5, 0.6) is 5.75 Å². The summed E-state index contributed by atoms with van der Waals surface area (Å²) in [5.41, 5.74) is 2.21. The molecule has 122 valence electrons. The number of aliphatic hydroxyl groups excluding tert-OH is 1. The van der Waals surface area contributed by atoms with E-state index in [0.29, 0.717) is 19.7 Å². The Morgan fingerprint density at radius 3 is 2.55 bits per heavy atom. The number of urea groups is 1. The van der Waals surface area contributed by atoms with Gasteiger partial charge in [0.25, 0.3) is 0 Å². The summed E-state index contributed by atoms with van der Waals surface area (Å²) in [6, 6.07) is 5.90. The number of benzene rings is 1. The molecule has 0 atom stereocenters. The molecule has 1 fully saturated rings. The predicted octanol–water partition coefficient (Wildman–Crippen LogP) is 2.14. The molecule has 1 saturated carbocycles. The molecule has 0 heterocycles. The highest BCUT2D eigenvalue weighted by Crippen LogP contribution is 2.44. The molecule has 0 bridgehead atoms. The average molecular weight is 306 g/mol. The van der Waals surface area contributed by atoms with Gasteiger partial charge in [0.15, 0.2) is 0 Å². The maximum absolute atomic E-state index is 11.6. The van der Waals surface area contributed by atoms with Crippen molar-refractivity contribution in [3.8, 4) is 5.75 Å². The summed E-state index contributed by atoms with van der Waals surface area (Å²) in [6.07, 6.45) is 2.74. The van der Waals surface area contributed by atoms with E-state index in [1.807, 2.05) is 32.0 Å². The number of ether oxygens (including phenoxy) is 1. The van der Waals surface area contributed by atoms with Gasteiger partial charge in [-0.25, -0.2) is 4.79 Å². The lowest BCUT2D eigenvalue weighted by Crippen LogP contribution is -2.40. The first-order valence-electron chi connectivity index (χ1n) is 7.88. The third-order valence-electron chi connectivity index (χ3n) is 4.18. The van der Waals surface area contributed by atoms with Crippen molar-refractivity contribution in [3.63, 3.8) is 0 Å². The Morgan fingerprint density at radius 2 is 1.95 bits per heavy atom. The summed E-state index contributed by atoms with van der Waals surface area (Å²) in [6.45, 7) is 5.91. The Bertz CT molecular complexity index is 492. The Morgan fingerprint density at radius 1 is 1.27 bits per heavy atom. The van der Waals surface area contributed by atoms with Gasteiger partial charge >= 0.3 is 6.03 Å². The van der Waals surface area contributed by atoms with Crippen LogP contribution in [-0.4, -0.2) is 37.4 Å². The molecule has 5 heteroatoms. The Labute approximate surface area is 132 Å². The number of hydrogen-bond acceptors (Lipinski definition) is 3. The van der Waals surface area contributed by atoms with Gasteiger partial charge in [-0.3, -0.25) is 0 Å². The van der Waals surface area contributed by atoms with Gasteiger partial charge in [0.2, 0.25) is 0 Å². The average Bonchev–Trinajstić information content (AvgIpc) is 3.28. The van der Waals surface area contributed by atoms with Crippen LogP contribution >= 0.6 is 0 Å². The van der Waals surface area contributed by atoms with Gasteiger partial charge in [-0.2, -0.15) is 0 Å². The third-order valence-corrected chi connectivity index (χ3v) is 4.18. The Hall–Kier alpha value is -1.75. The largest absolute Gasteiger partial charge is 0.493 e. The maximum atomic E-state index is 11.6. The second kappa shape index (κ2) is 7.49. The van der Waals surface area contributed by atoms with Crippen molar-refractivity contribution in [2.75, 3.05) is 26.3 Å². The first-order valence-corrected chi connectivity index (χ1v) is 7.88. The van der Waals surface area contributed by atoms with Gasteiger partial charge in [0.1, 0.15) is 5.75 Å². The third kappa shape index (κ3) is 4.63. The lowest BCUT2D eigenvalue weighted by Gasteiger charge is -2.14. The van der Waals surface area contributed by atoms with Crippen LogP contribution in [0.25, 0.3) is 0 Å². The number of para-hydroxylation sites is 1. The molecule has 1 aliphatic carbocycles. The fourth-order valence-electron chi connectivity index (χ4n) is 2.37. The van der Waals surface area contributed by atoms with E-state index in [9.17, 15) is 9.90 Å². The van der Waals surface area contributed by atoms with Gasteiger partial charge in [-0.1, -0.05) is 18.2 Å². The van der Waals surface area contributed by atoms with Crippen LogP contribution < -0.4 is 15.4 Å². The molecule has 0 radical (unpaired) electrons. The van der Waals surface area contributed by atoms with Crippen LogP contribution in [-0.2, 0) is 0 Å². The second-order valence-corrected chi connectivity index (χ2v) is 6.19. The Kier molecular flexibility index (Phi) is 5.66. The highest BCUT2D eigenvalue weighted by molar-refractivity contribution is 5.73. The second-order valence-electron chi connectivity index (χ2n) is 6.19. The topological polar surface area (TPSA) is 70.6 Å². The van der Waals surface area contributed by atoms with Crippen LogP contribution in [0.1, 0.15) is 30.4 Å². The number of hydrogen-bond donors (Lipinski definition) is 3. The molecule has 22 heavy (non-hydrogen) atoms. The zero-order chi connectivity index (χ0) is 16.0. The molecule has 0 saturated heterocycles. The molecular formula is C17H26N2O3. The molecule has 3 N–H and O–H groups in total. The van der Waals surface area contributed by atoms with E-state index < -0.39 is 0 Å². The summed E-state index contributed by atoms with van der Waals surface area (Å²) in [7, 11) is 0. The van der Waals surface area contributed by atoms with Crippen molar-refractivity contribution in [2.24, 2.45) is 5.41 Å². The zero-order valence-electron chi connectivity index (χ0n) is 13.4. The minimum Gasteiger partial charge on any atom is -0.493 e. The number of aliphatic hydroxyl groups is 1. The summed E-state index contributed by atoms with van der Waals surface area (Å²) in [4.78, 5) is 11.6. The van der Waals surface area contributed by atoms with Crippen LogP contribution in [0.15, 0.2) is 18.2 Å². The van der Waals surface area contributed by atoms with E-state index in [1.165, 1.54) is 0 Å².